The minimum Gasteiger partial charge on any atom is -0.405 e. The first-order valence-corrected chi connectivity index (χ1v) is 10.4. The second-order valence-corrected chi connectivity index (χ2v) is 8.64. The molecular formula is C22H24F3NO3. The summed E-state index contributed by atoms with van der Waals surface area (Å²) in [5.74, 6) is 2.27. The summed E-state index contributed by atoms with van der Waals surface area (Å²) in [7, 11) is 0. The van der Waals surface area contributed by atoms with Crippen LogP contribution >= 0.6 is 0 Å². The molecule has 7 heteroatoms. The minimum atomic E-state index is -4.77. The van der Waals surface area contributed by atoms with Gasteiger partial charge < -0.3 is 14.0 Å². The summed E-state index contributed by atoms with van der Waals surface area (Å²) in [4.78, 5) is 0. The Hall–Kier alpha value is -2.02. The van der Waals surface area contributed by atoms with Gasteiger partial charge in [0.05, 0.1) is 12.7 Å². The smallest absolute Gasteiger partial charge is 0.405 e. The molecule has 2 aromatic rings. The van der Waals surface area contributed by atoms with E-state index in [0.717, 1.165) is 48.8 Å². The van der Waals surface area contributed by atoms with Gasteiger partial charge in [-0.3, -0.25) is 0 Å². The van der Waals surface area contributed by atoms with Crippen LogP contribution < -0.4 is 4.74 Å². The van der Waals surface area contributed by atoms with Gasteiger partial charge in [0.15, 0.2) is 0 Å². The summed E-state index contributed by atoms with van der Waals surface area (Å²) in [6.07, 6.45) is 3.50. The lowest BCUT2D eigenvalue weighted by Gasteiger charge is -2.27. The zero-order valence-corrected chi connectivity index (χ0v) is 16.1. The lowest BCUT2D eigenvalue weighted by Crippen LogP contribution is -2.23. The van der Waals surface area contributed by atoms with Crippen molar-refractivity contribution in [1.29, 1.82) is 0 Å². The molecule has 3 aliphatic carbocycles. The van der Waals surface area contributed by atoms with Crippen molar-refractivity contribution in [3.63, 3.8) is 0 Å². The highest BCUT2D eigenvalue weighted by Crippen LogP contribution is 2.47. The van der Waals surface area contributed by atoms with Crippen molar-refractivity contribution in [3.8, 4) is 17.0 Å². The first kappa shape index (κ1) is 19.0. The molecule has 2 bridgehead atoms. The molecule has 3 saturated carbocycles. The second-order valence-electron chi connectivity index (χ2n) is 8.64. The summed E-state index contributed by atoms with van der Waals surface area (Å²) in [6.45, 7) is 0.315. The summed E-state index contributed by atoms with van der Waals surface area (Å²) in [5.41, 5.74) is 1.44. The van der Waals surface area contributed by atoms with E-state index in [9.17, 15) is 13.2 Å². The van der Waals surface area contributed by atoms with E-state index in [1.54, 1.807) is 12.1 Å². The number of para-hydroxylation sites is 1. The zero-order valence-electron chi connectivity index (χ0n) is 16.1. The molecule has 5 rings (SSSR count). The number of halogens is 3. The molecule has 3 fully saturated rings. The number of ether oxygens (including phenoxy) is 2. The molecule has 1 aromatic heterocycles. The van der Waals surface area contributed by atoms with Crippen molar-refractivity contribution in [2.24, 2.45) is 11.8 Å². The molecule has 4 nitrogen and oxygen atoms in total. The average molecular weight is 407 g/mol. The second kappa shape index (κ2) is 7.35. The van der Waals surface area contributed by atoms with E-state index in [1.165, 1.54) is 31.4 Å². The van der Waals surface area contributed by atoms with E-state index in [2.05, 4.69) is 9.89 Å². The molecule has 0 radical (unpaired) electrons. The number of hydrogen-bond donors (Lipinski definition) is 0. The van der Waals surface area contributed by atoms with Crippen LogP contribution in [0.2, 0.25) is 0 Å². The van der Waals surface area contributed by atoms with Crippen LogP contribution in [0, 0.1) is 11.8 Å². The van der Waals surface area contributed by atoms with Gasteiger partial charge in [-0.25, -0.2) is 0 Å². The van der Waals surface area contributed by atoms with Gasteiger partial charge in [-0.05, 0) is 56.1 Å². The van der Waals surface area contributed by atoms with Gasteiger partial charge in [0, 0.05) is 17.0 Å². The molecular weight excluding hydrogens is 383 g/mol. The van der Waals surface area contributed by atoms with E-state index in [0.29, 0.717) is 12.3 Å². The number of nitrogens with zero attached hydrogens (tertiary/aromatic N) is 1. The maximum absolute atomic E-state index is 12.9. The molecule has 1 aromatic carbocycles. The molecule has 1 heterocycles. The quantitative estimate of drug-likeness (QED) is 0.571. The van der Waals surface area contributed by atoms with E-state index in [-0.39, 0.29) is 23.3 Å². The Labute approximate surface area is 167 Å². The maximum Gasteiger partial charge on any atom is 0.573 e. The van der Waals surface area contributed by atoms with Gasteiger partial charge in [-0.15, -0.1) is 13.2 Å². The number of benzene rings is 1. The number of hydrogen-bond acceptors (Lipinski definition) is 4. The predicted molar refractivity (Wildman–Crippen MR) is 99.2 cm³/mol. The topological polar surface area (TPSA) is 44.5 Å². The number of rotatable bonds is 6. The molecule has 0 spiro atoms. The minimum absolute atomic E-state index is 0.206. The van der Waals surface area contributed by atoms with Gasteiger partial charge in [0.1, 0.15) is 17.2 Å². The first-order valence-electron chi connectivity index (χ1n) is 10.4. The normalized spacial score (nSPS) is 26.7. The van der Waals surface area contributed by atoms with Crippen LogP contribution in [-0.4, -0.2) is 17.6 Å². The molecule has 0 amide bonds. The number of fused-ring (bicyclic) bond motifs is 2. The van der Waals surface area contributed by atoms with Gasteiger partial charge in [0.25, 0.3) is 0 Å². The Morgan fingerprint density at radius 2 is 1.72 bits per heavy atom. The van der Waals surface area contributed by atoms with Crippen molar-refractivity contribution in [2.75, 3.05) is 0 Å². The third-order valence-electron chi connectivity index (χ3n) is 6.44. The van der Waals surface area contributed by atoms with Crippen LogP contribution in [-0.2, 0) is 11.3 Å². The fourth-order valence-corrected chi connectivity index (χ4v) is 5.00. The van der Waals surface area contributed by atoms with Crippen molar-refractivity contribution in [2.45, 2.75) is 69.9 Å². The molecule has 156 valence electrons. The highest BCUT2D eigenvalue weighted by atomic mass is 19.4. The van der Waals surface area contributed by atoms with E-state index in [1.807, 2.05) is 0 Å². The summed E-state index contributed by atoms with van der Waals surface area (Å²) < 4.78 is 54.7. The lowest BCUT2D eigenvalue weighted by molar-refractivity contribution is -0.274. The monoisotopic (exact) mass is 407 g/mol. The molecule has 29 heavy (non-hydrogen) atoms. The molecule has 0 N–H and O–H groups in total. The largest absolute Gasteiger partial charge is 0.573 e. The third kappa shape index (κ3) is 4.15. The summed E-state index contributed by atoms with van der Waals surface area (Å²) in [6, 6.07) is 6.08. The highest BCUT2D eigenvalue weighted by molar-refractivity contribution is 5.70. The predicted octanol–water partition coefficient (Wildman–Crippen LogP) is 6.21. The van der Waals surface area contributed by atoms with E-state index >= 15 is 0 Å². The zero-order chi connectivity index (χ0) is 20.0. The third-order valence-corrected chi connectivity index (χ3v) is 6.44. The fourth-order valence-electron chi connectivity index (χ4n) is 5.00. The lowest BCUT2D eigenvalue weighted by atomic mass is 9.87. The molecule has 2 atom stereocenters. The first-order chi connectivity index (χ1) is 14.0. The SMILES string of the molecule is FC(F)(F)Oc1ccccc1-c1noc(C2CC2)c1COC1CC2CCC(C2)C1. The van der Waals surface area contributed by atoms with Crippen LogP contribution in [0.5, 0.6) is 5.75 Å². The van der Waals surface area contributed by atoms with Crippen LogP contribution in [0.3, 0.4) is 0 Å². The van der Waals surface area contributed by atoms with Gasteiger partial charge in [-0.2, -0.15) is 0 Å². The van der Waals surface area contributed by atoms with Crippen LogP contribution in [0.15, 0.2) is 28.8 Å². The maximum atomic E-state index is 12.9. The van der Waals surface area contributed by atoms with Gasteiger partial charge >= 0.3 is 6.36 Å². The molecule has 2 unspecified atom stereocenters. The fraction of sp³-hybridized carbons (Fsp3) is 0.591. The summed E-state index contributed by atoms with van der Waals surface area (Å²) >= 11 is 0. The van der Waals surface area contributed by atoms with Crippen LogP contribution in [0.25, 0.3) is 11.3 Å². The number of alkyl halides is 3. The standard InChI is InChI=1S/C22H24F3NO3/c23-22(24,25)28-19-4-2-1-3-17(19)20-18(21(29-26-20)15-7-8-15)12-27-16-10-13-5-6-14(9-13)11-16/h1-4,13-16H,5-12H2. The Kier molecular flexibility index (Phi) is 4.81. The van der Waals surface area contributed by atoms with Crippen molar-refractivity contribution in [1.82, 2.24) is 5.16 Å². The van der Waals surface area contributed by atoms with Gasteiger partial charge in [0.2, 0.25) is 0 Å². The van der Waals surface area contributed by atoms with E-state index < -0.39 is 6.36 Å². The number of aromatic nitrogens is 1. The van der Waals surface area contributed by atoms with Crippen molar-refractivity contribution in [3.05, 3.63) is 35.6 Å². The van der Waals surface area contributed by atoms with Gasteiger partial charge in [-0.1, -0.05) is 30.1 Å². The molecule has 3 aliphatic rings. The average Bonchev–Trinajstić information content (AvgIpc) is 3.35. The van der Waals surface area contributed by atoms with Crippen LogP contribution in [0.1, 0.15) is 62.2 Å². The molecule has 0 saturated heterocycles. The highest BCUT2D eigenvalue weighted by Gasteiger charge is 2.37. The summed E-state index contributed by atoms with van der Waals surface area (Å²) in [5, 5.41) is 4.14. The Morgan fingerprint density at radius 1 is 1.00 bits per heavy atom. The van der Waals surface area contributed by atoms with Crippen molar-refractivity contribution < 1.29 is 27.2 Å². The van der Waals surface area contributed by atoms with Crippen molar-refractivity contribution >= 4 is 0 Å². The Balaban J connectivity index is 1.41. The molecule has 0 aliphatic heterocycles. The van der Waals surface area contributed by atoms with Crippen LogP contribution in [0.4, 0.5) is 13.2 Å². The van der Waals surface area contributed by atoms with E-state index in [4.69, 9.17) is 9.26 Å². The Bertz CT molecular complexity index is 862. The Morgan fingerprint density at radius 3 is 2.41 bits per heavy atom.